The van der Waals surface area contributed by atoms with Crippen molar-refractivity contribution in [3.05, 3.63) is 30.5 Å². The highest BCUT2D eigenvalue weighted by molar-refractivity contribution is 5.97. The first-order valence-electron chi connectivity index (χ1n) is 6.90. The zero-order valence-electron chi connectivity index (χ0n) is 12.6. The average molecular weight is 304 g/mol. The zero-order chi connectivity index (χ0) is 16.1. The first-order chi connectivity index (χ1) is 10.5. The van der Waals surface area contributed by atoms with E-state index in [-0.39, 0.29) is 25.0 Å². The highest BCUT2D eigenvalue weighted by atomic mass is 16.5. The number of amides is 2. The predicted molar refractivity (Wildman–Crippen MR) is 84.5 cm³/mol. The summed E-state index contributed by atoms with van der Waals surface area (Å²) in [5, 5.41) is 6.32. The molecule has 1 aromatic carbocycles. The fourth-order valence-corrected chi connectivity index (χ4v) is 2.12. The number of anilines is 1. The molecule has 0 saturated carbocycles. The molecule has 1 heterocycles. The van der Waals surface area contributed by atoms with E-state index in [0.717, 1.165) is 10.9 Å². The van der Waals surface area contributed by atoms with E-state index < -0.39 is 6.04 Å². The van der Waals surface area contributed by atoms with Gasteiger partial charge >= 0.3 is 0 Å². The van der Waals surface area contributed by atoms with Gasteiger partial charge in [0.15, 0.2) is 0 Å². The maximum absolute atomic E-state index is 11.9. The number of methoxy groups -OCH3 is 1. The molecule has 1 aromatic heterocycles. The molecule has 0 bridgehead atoms. The van der Waals surface area contributed by atoms with E-state index in [0.29, 0.717) is 5.69 Å². The van der Waals surface area contributed by atoms with Gasteiger partial charge in [-0.1, -0.05) is 6.07 Å². The van der Waals surface area contributed by atoms with Crippen LogP contribution in [0.2, 0.25) is 0 Å². The Kier molecular flexibility index (Phi) is 5.13. The minimum atomic E-state index is -0.724. The average Bonchev–Trinajstić information content (AvgIpc) is 2.89. The summed E-state index contributed by atoms with van der Waals surface area (Å²) in [6.07, 6.45) is 1.84. The van der Waals surface area contributed by atoms with E-state index in [2.05, 4.69) is 10.6 Å². The number of rotatable bonds is 6. The molecule has 118 valence electrons. The topological polar surface area (TPSA) is 98.4 Å². The van der Waals surface area contributed by atoms with Gasteiger partial charge in [0.1, 0.15) is 12.6 Å². The zero-order valence-corrected chi connectivity index (χ0v) is 12.6. The molecular formula is C15H20N4O3. The van der Waals surface area contributed by atoms with E-state index >= 15 is 0 Å². The first kappa shape index (κ1) is 16.0. The largest absolute Gasteiger partial charge is 0.383 e. The van der Waals surface area contributed by atoms with Gasteiger partial charge in [0.05, 0.1) is 12.1 Å². The van der Waals surface area contributed by atoms with Gasteiger partial charge in [-0.15, -0.1) is 0 Å². The van der Waals surface area contributed by atoms with Crippen molar-refractivity contribution in [1.82, 2.24) is 9.88 Å². The van der Waals surface area contributed by atoms with Gasteiger partial charge < -0.3 is 25.7 Å². The predicted octanol–water partition coefficient (Wildman–Crippen LogP) is 0.299. The quantitative estimate of drug-likeness (QED) is 0.715. The van der Waals surface area contributed by atoms with E-state index in [1.54, 1.807) is 13.1 Å². The molecule has 2 amide bonds. The molecule has 0 fully saturated rings. The van der Waals surface area contributed by atoms with Gasteiger partial charge in [0.25, 0.3) is 0 Å². The molecule has 0 aliphatic carbocycles. The van der Waals surface area contributed by atoms with E-state index in [4.69, 9.17) is 10.5 Å². The number of nitrogens with one attached hydrogen (secondary N) is 2. The van der Waals surface area contributed by atoms with Crippen LogP contribution in [-0.4, -0.2) is 43.2 Å². The minimum Gasteiger partial charge on any atom is -0.383 e. The summed E-state index contributed by atoms with van der Waals surface area (Å²) in [5.74, 6) is -0.403. The monoisotopic (exact) mass is 304 g/mol. The summed E-state index contributed by atoms with van der Waals surface area (Å²) in [4.78, 5) is 23.4. The molecule has 2 aromatic rings. The number of aromatic nitrogens is 1. The lowest BCUT2D eigenvalue weighted by molar-refractivity contribution is -0.121. The molecular weight excluding hydrogens is 284 g/mol. The van der Waals surface area contributed by atoms with Crippen LogP contribution in [0.4, 0.5) is 5.69 Å². The Balaban J connectivity index is 2.20. The molecule has 22 heavy (non-hydrogen) atoms. The minimum absolute atomic E-state index is 0.0888. The van der Waals surface area contributed by atoms with E-state index in [1.807, 2.05) is 29.0 Å². The fraction of sp³-hybridized carbons (Fsp3) is 0.333. The van der Waals surface area contributed by atoms with Gasteiger partial charge in [-0.3, -0.25) is 9.59 Å². The summed E-state index contributed by atoms with van der Waals surface area (Å²) < 4.78 is 6.68. The van der Waals surface area contributed by atoms with Crippen LogP contribution in [0.1, 0.15) is 0 Å². The highest BCUT2D eigenvalue weighted by Gasteiger charge is 2.14. The lowest BCUT2D eigenvalue weighted by Crippen LogP contribution is -2.39. The second-order valence-electron chi connectivity index (χ2n) is 4.94. The van der Waals surface area contributed by atoms with Crippen molar-refractivity contribution in [1.29, 1.82) is 0 Å². The van der Waals surface area contributed by atoms with Gasteiger partial charge in [-0.05, 0) is 23.6 Å². The molecule has 1 unspecified atom stereocenters. The fourth-order valence-electron chi connectivity index (χ4n) is 2.12. The third kappa shape index (κ3) is 3.63. The first-order valence-corrected chi connectivity index (χ1v) is 6.90. The maximum Gasteiger partial charge on any atom is 0.243 e. The van der Waals surface area contributed by atoms with Crippen LogP contribution in [0.5, 0.6) is 0 Å². The van der Waals surface area contributed by atoms with Crippen molar-refractivity contribution in [2.75, 3.05) is 26.1 Å². The molecule has 0 radical (unpaired) electrons. The summed E-state index contributed by atoms with van der Waals surface area (Å²) in [6, 6.07) is 6.69. The van der Waals surface area contributed by atoms with Crippen LogP contribution in [0.15, 0.2) is 30.5 Å². The smallest absolute Gasteiger partial charge is 0.243 e. The van der Waals surface area contributed by atoms with Crippen LogP contribution < -0.4 is 16.4 Å². The number of carbonyl (C=O) groups is 2. The third-order valence-corrected chi connectivity index (χ3v) is 3.32. The molecule has 0 saturated heterocycles. The van der Waals surface area contributed by atoms with Crippen molar-refractivity contribution in [2.24, 2.45) is 5.73 Å². The SMILES string of the molecule is CNC(=O)Cn1ccc2ccc(NC(=O)C(N)COC)cc21. The molecule has 7 heteroatoms. The highest BCUT2D eigenvalue weighted by Crippen LogP contribution is 2.20. The van der Waals surface area contributed by atoms with E-state index in [9.17, 15) is 9.59 Å². The Labute approximate surface area is 128 Å². The summed E-state index contributed by atoms with van der Waals surface area (Å²) in [7, 11) is 3.09. The lowest BCUT2D eigenvalue weighted by atomic mass is 10.2. The normalized spacial score (nSPS) is 12.1. The number of fused-ring (bicyclic) bond motifs is 1. The number of nitrogens with two attached hydrogens (primary N) is 1. The molecule has 0 aliphatic heterocycles. The van der Waals surface area contributed by atoms with Gasteiger partial charge in [-0.25, -0.2) is 0 Å². The van der Waals surface area contributed by atoms with Gasteiger partial charge in [0.2, 0.25) is 11.8 Å². The number of hydrogen-bond donors (Lipinski definition) is 3. The van der Waals surface area contributed by atoms with Crippen LogP contribution in [0.25, 0.3) is 10.9 Å². The molecule has 1 atom stereocenters. The van der Waals surface area contributed by atoms with Crippen molar-refractivity contribution in [3.8, 4) is 0 Å². The molecule has 4 N–H and O–H groups in total. The lowest BCUT2D eigenvalue weighted by Gasteiger charge is -2.12. The van der Waals surface area contributed by atoms with E-state index in [1.165, 1.54) is 7.11 Å². The van der Waals surface area contributed by atoms with Crippen LogP contribution >= 0.6 is 0 Å². The number of nitrogens with zero attached hydrogens (tertiary/aromatic N) is 1. The van der Waals surface area contributed by atoms with Crippen LogP contribution in [0.3, 0.4) is 0 Å². The number of benzene rings is 1. The number of hydrogen-bond acceptors (Lipinski definition) is 4. The summed E-state index contributed by atoms with van der Waals surface area (Å²) in [5.41, 5.74) is 7.18. The Morgan fingerprint density at radius 1 is 1.36 bits per heavy atom. The number of carbonyl (C=O) groups excluding carboxylic acids is 2. The van der Waals surface area contributed by atoms with Crippen LogP contribution in [0, 0.1) is 0 Å². The Bertz CT molecular complexity index is 680. The Morgan fingerprint density at radius 2 is 2.14 bits per heavy atom. The van der Waals surface area contributed by atoms with Crippen molar-refractivity contribution in [3.63, 3.8) is 0 Å². The second-order valence-corrected chi connectivity index (χ2v) is 4.94. The molecule has 0 aliphatic rings. The maximum atomic E-state index is 11.9. The molecule has 0 spiro atoms. The number of likely N-dealkylation sites (N-methyl/N-ethyl adjacent to an activating group) is 1. The third-order valence-electron chi connectivity index (χ3n) is 3.32. The summed E-state index contributed by atoms with van der Waals surface area (Å²) >= 11 is 0. The molecule has 7 nitrogen and oxygen atoms in total. The van der Waals surface area contributed by atoms with Gasteiger partial charge in [0, 0.05) is 26.0 Å². The summed E-state index contributed by atoms with van der Waals surface area (Å²) in [6.45, 7) is 0.377. The number of ether oxygens (including phenoxy) is 1. The van der Waals surface area contributed by atoms with Crippen molar-refractivity contribution in [2.45, 2.75) is 12.6 Å². The standard InChI is InChI=1S/C15H20N4O3/c1-17-14(20)8-19-6-5-10-3-4-11(7-13(10)19)18-15(21)12(16)9-22-2/h3-7,12H,8-9,16H2,1-2H3,(H,17,20)(H,18,21). The Hall–Kier alpha value is -2.38. The molecule has 2 rings (SSSR count). The van der Waals surface area contributed by atoms with Crippen LogP contribution in [-0.2, 0) is 20.9 Å². The van der Waals surface area contributed by atoms with Gasteiger partial charge in [-0.2, -0.15) is 0 Å². The van der Waals surface area contributed by atoms with Crippen molar-refractivity contribution < 1.29 is 14.3 Å². The van der Waals surface area contributed by atoms with Crippen molar-refractivity contribution >= 4 is 28.4 Å². The second kappa shape index (κ2) is 7.06. The Morgan fingerprint density at radius 3 is 2.82 bits per heavy atom.